The molecule has 19 heavy (non-hydrogen) atoms. The molecule has 1 atom stereocenters. The third-order valence-corrected chi connectivity index (χ3v) is 2.75. The first-order valence-corrected chi connectivity index (χ1v) is 6.16. The maximum atomic E-state index is 10.9. The lowest BCUT2D eigenvalue weighted by Crippen LogP contribution is -2.14. The Balaban J connectivity index is 2.09. The van der Waals surface area contributed by atoms with E-state index < -0.39 is 4.92 Å². The van der Waals surface area contributed by atoms with Crippen LogP contribution >= 0.6 is 0 Å². The van der Waals surface area contributed by atoms with Gasteiger partial charge in [-0.05, 0) is 13.3 Å². The number of hydrogen-bond acceptors (Lipinski definition) is 7. The predicted molar refractivity (Wildman–Crippen MR) is 67.3 cm³/mol. The van der Waals surface area contributed by atoms with Crippen LogP contribution in [0.4, 0.5) is 11.6 Å². The van der Waals surface area contributed by atoms with Gasteiger partial charge in [0.15, 0.2) is 0 Å². The largest absolute Gasteiger partial charge is 0.472 e. The molecule has 1 fully saturated rings. The molecule has 8 heteroatoms. The molecule has 1 aromatic rings. The standard InChI is InChI=1S/C11H16N4O4/c1-2-12-11-13-5-9(15(16)17)10(14-11)19-7-8-3-4-18-6-8/h5,8H,2-4,6-7H2,1H3,(H,12,13,14). The van der Waals surface area contributed by atoms with Crippen molar-refractivity contribution in [3.63, 3.8) is 0 Å². The van der Waals surface area contributed by atoms with E-state index in [4.69, 9.17) is 9.47 Å². The Morgan fingerprint density at radius 1 is 1.68 bits per heavy atom. The van der Waals surface area contributed by atoms with Gasteiger partial charge < -0.3 is 14.8 Å². The van der Waals surface area contributed by atoms with Crippen molar-refractivity contribution in [3.05, 3.63) is 16.3 Å². The summed E-state index contributed by atoms with van der Waals surface area (Å²) in [6.45, 7) is 4.22. The molecule has 0 radical (unpaired) electrons. The van der Waals surface area contributed by atoms with E-state index in [0.717, 1.165) is 12.6 Å². The lowest BCUT2D eigenvalue weighted by molar-refractivity contribution is -0.386. The number of aromatic nitrogens is 2. The fraction of sp³-hybridized carbons (Fsp3) is 0.636. The second kappa shape index (κ2) is 6.28. The number of nitrogens with zero attached hydrogens (tertiary/aromatic N) is 3. The van der Waals surface area contributed by atoms with Gasteiger partial charge >= 0.3 is 5.69 Å². The number of nitro groups is 1. The molecule has 104 valence electrons. The summed E-state index contributed by atoms with van der Waals surface area (Å²) in [7, 11) is 0. The van der Waals surface area contributed by atoms with E-state index in [1.165, 1.54) is 0 Å². The van der Waals surface area contributed by atoms with Crippen LogP contribution in [0.2, 0.25) is 0 Å². The van der Waals surface area contributed by atoms with E-state index in [-0.39, 0.29) is 17.5 Å². The molecule has 2 rings (SSSR count). The highest BCUT2D eigenvalue weighted by atomic mass is 16.6. The van der Waals surface area contributed by atoms with Crippen LogP contribution in [0.25, 0.3) is 0 Å². The zero-order valence-electron chi connectivity index (χ0n) is 10.7. The molecule has 8 nitrogen and oxygen atoms in total. The Morgan fingerprint density at radius 3 is 3.16 bits per heavy atom. The van der Waals surface area contributed by atoms with Crippen LogP contribution in [0, 0.1) is 16.0 Å². The van der Waals surface area contributed by atoms with Crippen molar-refractivity contribution >= 4 is 11.6 Å². The monoisotopic (exact) mass is 268 g/mol. The number of anilines is 1. The summed E-state index contributed by atoms with van der Waals surface area (Å²) in [6.07, 6.45) is 2.06. The molecule has 1 unspecified atom stereocenters. The highest BCUT2D eigenvalue weighted by Gasteiger charge is 2.22. The molecule has 0 bridgehead atoms. The summed E-state index contributed by atoms with van der Waals surface area (Å²) >= 11 is 0. The normalized spacial score (nSPS) is 18.3. The fourth-order valence-corrected chi connectivity index (χ4v) is 1.75. The Labute approximate surface area is 110 Å². The molecule has 0 amide bonds. The SMILES string of the molecule is CCNc1ncc([N+](=O)[O-])c(OCC2CCOC2)n1. The summed E-state index contributed by atoms with van der Waals surface area (Å²) in [5.74, 6) is 0.589. The topological polar surface area (TPSA) is 99.4 Å². The van der Waals surface area contributed by atoms with E-state index in [9.17, 15) is 10.1 Å². The number of nitrogens with one attached hydrogen (secondary N) is 1. The molecule has 1 aliphatic heterocycles. The average molecular weight is 268 g/mol. The summed E-state index contributed by atoms with van der Waals surface area (Å²) in [6, 6.07) is 0. The average Bonchev–Trinajstić information content (AvgIpc) is 2.89. The zero-order valence-corrected chi connectivity index (χ0v) is 10.7. The molecule has 1 aromatic heterocycles. The van der Waals surface area contributed by atoms with Gasteiger partial charge in [-0.1, -0.05) is 0 Å². The second-order valence-electron chi connectivity index (χ2n) is 4.21. The molecule has 2 heterocycles. The third-order valence-electron chi connectivity index (χ3n) is 2.75. The van der Waals surface area contributed by atoms with Crippen molar-refractivity contribution in [2.45, 2.75) is 13.3 Å². The fourth-order valence-electron chi connectivity index (χ4n) is 1.75. The van der Waals surface area contributed by atoms with Gasteiger partial charge in [0.1, 0.15) is 6.20 Å². The Kier molecular flexibility index (Phi) is 4.45. The van der Waals surface area contributed by atoms with Crippen LogP contribution in [-0.2, 0) is 4.74 Å². The lowest BCUT2D eigenvalue weighted by Gasteiger charge is -2.10. The van der Waals surface area contributed by atoms with Gasteiger partial charge in [-0.15, -0.1) is 0 Å². The van der Waals surface area contributed by atoms with Crippen LogP contribution in [0.3, 0.4) is 0 Å². The van der Waals surface area contributed by atoms with Gasteiger partial charge in [0.25, 0.3) is 5.88 Å². The van der Waals surface area contributed by atoms with Crippen molar-refractivity contribution in [2.75, 3.05) is 31.7 Å². The minimum atomic E-state index is -0.545. The van der Waals surface area contributed by atoms with Crippen molar-refractivity contribution in [1.29, 1.82) is 0 Å². The van der Waals surface area contributed by atoms with Gasteiger partial charge in [-0.3, -0.25) is 10.1 Å². The maximum absolute atomic E-state index is 10.9. The minimum Gasteiger partial charge on any atom is -0.472 e. The molecule has 1 N–H and O–H groups in total. The van der Waals surface area contributed by atoms with E-state index in [1.54, 1.807) is 0 Å². The van der Waals surface area contributed by atoms with Gasteiger partial charge in [0, 0.05) is 19.1 Å². The van der Waals surface area contributed by atoms with E-state index >= 15 is 0 Å². The summed E-state index contributed by atoms with van der Waals surface area (Å²) in [4.78, 5) is 18.2. The highest BCUT2D eigenvalue weighted by Crippen LogP contribution is 2.25. The molecular formula is C11H16N4O4. The molecule has 0 saturated carbocycles. The first-order chi connectivity index (χ1) is 9.20. The zero-order chi connectivity index (χ0) is 13.7. The van der Waals surface area contributed by atoms with E-state index in [2.05, 4.69) is 15.3 Å². The summed E-state index contributed by atoms with van der Waals surface area (Å²) < 4.78 is 10.7. The first-order valence-electron chi connectivity index (χ1n) is 6.16. The van der Waals surface area contributed by atoms with Gasteiger partial charge in [-0.25, -0.2) is 4.98 Å². The van der Waals surface area contributed by atoms with Gasteiger partial charge in [0.05, 0.1) is 18.1 Å². The smallest absolute Gasteiger partial charge is 0.349 e. The number of ether oxygens (including phenoxy) is 2. The maximum Gasteiger partial charge on any atom is 0.349 e. The second-order valence-corrected chi connectivity index (χ2v) is 4.21. The highest BCUT2D eigenvalue weighted by molar-refractivity contribution is 5.43. The number of rotatable bonds is 6. The van der Waals surface area contributed by atoms with Crippen molar-refractivity contribution in [2.24, 2.45) is 5.92 Å². The molecule has 0 aliphatic carbocycles. The molecular weight excluding hydrogens is 252 g/mol. The first kappa shape index (κ1) is 13.5. The van der Waals surface area contributed by atoms with Gasteiger partial charge in [-0.2, -0.15) is 4.98 Å². The Bertz CT molecular complexity index is 448. The molecule has 1 aliphatic rings. The van der Waals surface area contributed by atoms with Crippen LogP contribution in [-0.4, -0.2) is 41.3 Å². The van der Waals surface area contributed by atoms with Crippen molar-refractivity contribution in [3.8, 4) is 5.88 Å². The quantitative estimate of drug-likeness (QED) is 0.611. The summed E-state index contributed by atoms with van der Waals surface area (Å²) in [5, 5.41) is 13.8. The van der Waals surface area contributed by atoms with E-state index in [1.807, 2.05) is 6.92 Å². The molecule has 0 aromatic carbocycles. The van der Waals surface area contributed by atoms with E-state index in [0.29, 0.717) is 32.3 Å². The predicted octanol–water partition coefficient (Wildman–Crippen LogP) is 1.23. The van der Waals surface area contributed by atoms with Crippen molar-refractivity contribution < 1.29 is 14.4 Å². The van der Waals surface area contributed by atoms with Crippen LogP contribution in [0.15, 0.2) is 6.20 Å². The minimum absolute atomic E-state index is 0.00264. The molecule has 1 saturated heterocycles. The van der Waals surface area contributed by atoms with Crippen LogP contribution < -0.4 is 10.1 Å². The van der Waals surface area contributed by atoms with Crippen LogP contribution in [0.5, 0.6) is 5.88 Å². The summed E-state index contributed by atoms with van der Waals surface area (Å²) in [5.41, 5.74) is -0.222. The van der Waals surface area contributed by atoms with Gasteiger partial charge in [0.2, 0.25) is 5.95 Å². The van der Waals surface area contributed by atoms with Crippen molar-refractivity contribution in [1.82, 2.24) is 9.97 Å². The Morgan fingerprint density at radius 2 is 2.53 bits per heavy atom. The Hall–Kier alpha value is -1.96. The van der Waals surface area contributed by atoms with Crippen LogP contribution in [0.1, 0.15) is 13.3 Å². The molecule has 0 spiro atoms. The third kappa shape index (κ3) is 3.50. The number of hydrogen-bond donors (Lipinski definition) is 1. The lowest BCUT2D eigenvalue weighted by atomic mass is 10.1.